The topological polar surface area (TPSA) is 21.3 Å². The van der Waals surface area contributed by atoms with E-state index in [1.54, 1.807) is 7.11 Å². The van der Waals surface area contributed by atoms with Gasteiger partial charge in [-0.1, -0.05) is 39.7 Å². The van der Waals surface area contributed by atoms with Gasteiger partial charge in [0.2, 0.25) is 0 Å². The maximum absolute atomic E-state index is 6.07. The molecule has 0 heterocycles. The van der Waals surface area contributed by atoms with Gasteiger partial charge in [-0.2, -0.15) is 0 Å². The molecular formula is C17H19BrClNO. The normalized spacial score (nSPS) is 11.5. The number of benzene rings is 2. The van der Waals surface area contributed by atoms with E-state index in [0.717, 1.165) is 15.8 Å². The van der Waals surface area contributed by atoms with Gasteiger partial charge in [0.1, 0.15) is 5.75 Å². The molecule has 0 saturated heterocycles. The van der Waals surface area contributed by atoms with Crippen molar-refractivity contribution in [2.24, 2.45) is 0 Å². The molecule has 0 saturated carbocycles. The largest absolute Gasteiger partial charge is 0.496 e. The zero-order valence-electron chi connectivity index (χ0n) is 12.4. The molecule has 0 fully saturated rings. The number of rotatable bonds is 5. The van der Waals surface area contributed by atoms with Gasteiger partial charge in [0, 0.05) is 27.1 Å². The van der Waals surface area contributed by atoms with E-state index in [2.05, 4.69) is 59.4 Å². The van der Waals surface area contributed by atoms with Crippen molar-refractivity contribution in [2.75, 3.05) is 7.11 Å². The van der Waals surface area contributed by atoms with E-state index in [1.165, 1.54) is 5.56 Å². The van der Waals surface area contributed by atoms with Crippen molar-refractivity contribution in [2.45, 2.75) is 25.9 Å². The maximum Gasteiger partial charge on any atom is 0.123 e. The van der Waals surface area contributed by atoms with E-state index < -0.39 is 0 Å². The third-order valence-corrected chi connectivity index (χ3v) is 4.29. The van der Waals surface area contributed by atoms with Crippen LogP contribution in [0.1, 0.15) is 25.0 Å². The fourth-order valence-electron chi connectivity index (χ4n) is 2.17. The van der Waals surface area contributed by atoms with Crippen molar-refractivity contribution >= 4 is 27.5 Å². The summed E-state index contributed by atoms with van der Waals surface area (Å²) in [5.74, 6) is 0.846. The summed E-state index contributed by atoms with van der Waals surface area (Å²) in [6.07, 6.45) is 0. The summed E-state index contributed by atoms with van der Waals surface area (Å²) in [5.41, 5.74) is 2.13. The Kier molecular flexibility index (Phi) is 5.31. The Bertz CT molecular complexity index is 611. The zero-order valence-corrected chi connectivity index (χ0v) is 14.8. The van der Waals surface area contributed by atoms with Gasteiger partial charge >= 0.3 is 0 Å². The zero-order chi connectivity index (χ0) is 15.5. The van der Waals surface area contributed by atoms with Crippen LogP contribution in [0.2, 0.25) is 5.02 Å². The third kappa shape index (κ3) is 4.22. The first-order valence-electron chi connectivity index (χ1n) is 6.76. The van der Waals surface area contributed by atoms with E-state index in [1.807, 2.05) is 18.2 Å². The fourth-order valence-corrected chi connectivity index (χ4v) is 2.63. The molecule has 0 spiro atoms. The van der Waals surface area contributed by atoms with E-state index >= 15 is 0 Å². The van der Waals surface area contributed by atoms with Crippen molar-refractivity contribution in [1.29, 1.82) is 0 Å². The van der Waals surface area contributed by atoms with Gasteiger partial charge in [0.05, 0.1) is 7.11 Å². The molecule has 2 nitrogen and oxygen atoms in total. The van der Waals surface area contributed by atoms with Crippen LogP contribution in [0.3, 0.4) is 0 Å². The van der Waals surface area contributed by atoms with Crippen molar-refractivity contribution < 1.29 is 4.74 Å². The van der Waals surface area contributed by atoms with Crippen LogP contribution in [0, 0.1) is 0 Å². The van der Waals surface area contributed by atoms with Gasteiger partial charge in [0.25, 0.3) is 0 Å². The van der Waals surface area contributed by atoms with Crippen LogP contribution in [-0.4, -0.2) is 7.11 Å². The molecule has 0 atom stereocenters. The second-order valence-corrected chi connectivity index (χ2v) is 6.79. The van der Waals surface area contributed by atoms with Crippen LogP contribution in [-0.2, 0) is 12.1 Å². The first kappa shape index (κ1) is 16.3. The SMILES string of the molecule is COc1ccc(Cl)cc1CNC(C)(C)c1ccc(Br)cc1. The van der Waals surface area contributed by atoms with Gasteiger partial charge in [-0.25, -0.2) is 0 Å². The Morgan fingerprint density at radius 1 is 1.14 bits per heavy atom. The van der Waals surface area contributed by atoms with Gasteiger partial charge in [-0.3, -0.25) is 0 Å². The number of hydrogen-bond acceptors (Lipinski definition) is 2. The Morgan fingerprint density at radius 3 is 2.43 bits per heavy atom. The lowest BCUT2D eigenvalue weighted by molar-refractivity contribution is 0.381. The molecule has 0 aliphatic heterocycles. The summed E-state index contributed by atoms with van der Waals surface area (Å²) < 4.78 is 6.46. The first-order chi connectivity index (χ1) is 9.92. The molecule has 0 aliphatic carbocycles. The highest BCUT2D eigenvalue weighted by molar-refractivity contribution is 9.10. The number of ether oxygens (including phenoxy) is 1. The van der Waals surface area contributed by atoms with E-state index in [9.17, 15) is 0 Å². The molecule has 1 N–H and O–H groups in total. The predicted molar refractivity (Wildman–Crippen MR) is 92.0 cm³/mol. The highest BCUT2D eigenvalue weighted by Gasteiger charge is 2.20. The molecule has 0 radical (unpaired) electrons. The lowest BCUT2D eigenvalue weighted by atomic mass is 9.94. The molecule has 0 amide bonds. The number of halogens is 2. The standard InChI is InChI=1S/C17H19BrClNO/c1-17(2,13-4-6-14(18)7-5-13)20-11-12-10-15(19)8-9-16(12)21-3/h4-10,20H,11H2,1-3H3. The van der Waals surface area contributed by atoms with Crippen LogP contribution in [0.5, 0.6) is 5.75 Å². The van der Waals surface area contributed by atoms with Crippen LogP contribution in [0.25, 0.3) is 0 Å². The lowest BCUT2D eigenvalue weighted by Gasteiger charge is -2.27. The number of nitrogens with one attached hydrogen (secondary N) is 1. The minimum atomic E-state index is -0.145. The molecule has 0 unspecified atom stereocenters. The predicted octanol–water partition coefficient (Wildman–Crippen LogP) is 5.14. The van der Waals surface area contributed by atoms with Crippen LogP contribution in [0.15, 0.2) is 46.9 Å². The summed E-state index contributed by atoms with van der Waals surface area (Å²) in [5, 5.41) is 4.28. The summed E-state index contributed by atoms with van der Waals surface area (Å²) >= 11 is 9.53. The minimum absolute atomic E-state index is 0.145. The second kappa shape index (κ2) is 6.82. The van der Waals surface area contributed by atoms with Gasteiger partial charge in [-0.05, 0) is 49.7 Å². The molecule has 2 aromatic carbocycles. The van der Waals surface area contributed by atoms with Crippen LogP contribution < -0.4 is 10.1 Å². The maximum atomic E-state index is 6.07. The van der Waals surface area contributed by atoms with Crippen molar-refractivity contribution in [1.82, 2.24) is 5.32 Å². The Hall–Kier alpha value is -1.03. The molecule has 112 valence electrons. The van der Waals surface area contributed by atoms with Gasteiger partial charge in [0.15, 0.2) is 0 Å². The molecular weight excluding hydrogens is 350 g/mol. The van der Waals surface area contributed by atoms with Crippen molar-refractivity contribution in [3.05, 3.63) is 63.1 Å². The van der Waals surface area contributed by atoms with Crippen molar-refractivity contribution in [3.8, 4) is 5.75 Å². The molecule has 21 heavy (non-hydrogen) atoms. The molecule has 0 aliphatic rings. The van der Waals surface area contributed by atoms with E-state index in [0.29, 0.717) is 11.6 Å². The lowest BCUT2D eigenvalue weighted by Crippen LogP contribution is -2.36. The molecule has 2 aromatic rings. The Morgan fingerprint density at radius 2 is 1.81 bits per heavy atom. The Balaban J connectivity index is 2.14. The monoisotopic (exact) mass is 367 g/mol. The average Bonchev–Trinajstić information content (AvgIpc) is 2.46. The van der Waals surface area contributed by atoms with E-state index in [-0.39, 0.29) is 5.54 Å². The summed E-state index contributed by atoms with van der Waals surface area (Å²) in [7, 11) is 1.67. The van der Waals surface area contributed by atoms with Gasteiger partial charge in [-0.15, -0.1) is 0 Å². The fraction of sp³-hybridized carbons (Fsp3) is 0.294. The average molecular weight is 369 g/mol. The van der Waals surface area contributed by atoms with E-state index in [4.69, 9.17) is 16.3 Å². The highest BCUT2D eigenvalue weighted by Crippen LogP contribution is 2.26. The van der Waals surface area contributed by atoms with Gasteiger partial charge < -0.3 is 10.1 Å². The van der Waals surface area contributed by atoms with Crippen LogP contribution >= 0.6 is 27.5 Å². The van der Waals surface area contributed by atoms with Crippen LogP contribution in [0.4, 0.5) is 0 Å². The highest BCUT2D eigenvalue weighted by atomic mass is 79.9. The smallest absolute Gasteiger partial charge is 0.123 e. The molecule has 2 rings (SSSR count). The van der Waals surface area contributed by atoms with Crippen molar-refractivity contribution in [3.63, 3.8) is 0 Å². The summed E-state index contributed by atoms with van der Waals surface area (Å²) in [6, 6.07) is 14.0. The summed E-state index contributed by atoms with van der Waals surface area (Å²) in [4.78, 5) is 0. The Labute approximate surface area is 139 Å². The third-order valence-electron chi connectivity index (χ3n) is 3.53. The molecule has 0 bridgehead atoms. The minimum Gasteiger partial charge on any atom is -0.496 e. The second-order valence-electron chi connectivity index (χ2n) is 5.44. The molecule has 4 heteroatoms. The quantitative estimate of drug-likeness (QED) is 0.789. The first-order valence-corrected chi connectivity index (χ1v) is 7.93. The summed E-state index contributed by atoms with van der Waals surface area (Å²) in [6.45, 7) is 5.01. The number of hydrogen-bond donors (Lipinski definition) is 1. The molecule has 0 aromatic heterocycles. The number of methoxy groups -OCH3 is 1.